The van der Waals surface area contributed by atoms with Crippen LogP contribution in [0.2, 0.25) is 0 Å². The molecule has 11 nitrogen and oxygen atoms in total. The van der Waals surface area contributed by atoms with Crippen LogP contribution in [0.1, 0.15) is 41.6 Å². The number of phenolic OH excluding ortho intramolecular Hbond substituents is 1. The number of carbonyl (C=O) groups is 5. The van der Waals surface area contributed by atoms with Crippen molar-refractivity contribution in [2.45, 2.75) is 25.7 Å². The van der Waals surface area contributed by atoms with Crippen LogP contribution in [-0.4, -0.2) is 52.0 Å². The van der Waals surface area contributed by atoms with Crippen LogP contribution in [-0.2, 0) is 19.2 Å². The fourth-order valence-corrected chi connectivity index (χ4v) is 8.85. The molecule has 3 aromatic rings. The van der Waals surface area contributed by atoms with Crippen LogP contribution in [0.3, 0.4) is 0 Å². The number of anilines is 2. The van der Waals surface area contributed by atoms with Gasteiger partial charge in [0.15, 0.2) is 11.5 Å². The van der Waals surface area contributed by atoms with Gasteiger partial charge in [-0.2, -0.15) is 0 Å². The average molecular weight is 749 g/mol. The van der Waals surface area contributed by atoms with Crippen molar-refractivity contribution in [1.29, 1.82) is 0 Å². The smallest absolute Gasteiger partial charge is 0.339 e. The van der Waals surface area contributed by atoms with Gasteiger partial charge in [0.2, 0.25) is 23.6 Å². The normalized spacial score (nSPS) is 28.1. The van der Waals surface area contributed by atoms with Crippen molar-refractivity contribution in [2.24, 2.45) is 29.1 Å². The Balaban J connectivity index is 1.37. The molecule has 6 atom stereocenters. The summed E-state index contributed by atoms with van der Waals surface area (Å²) in [6.07, 6.45) is 2.26. The quantitative estimate of drug-likeness (QED) is 0.188. The van der Waals surface area contributed by atoms with E-state index >= 15 is 0 Å². The highest BCUT2D eigenvalue weighted by molar-refractivity contribution is 14.1. The molecule has 0 bridgehead atoms. The number of allylic oxidation sites excluding steroid dienone is 2. The Morgan fingerprint density at radius 1 is 0.915 bits per heavy atom. The molecule has 0 aromatic heterocycles. The zero-order chi connectivity index (χ0) is 33.5. The first kappa shape index (κ1) is 30.9. The molecule has 1 saturated carbocycles. The molecule has 3 fully saturated rings. The van der Waals surface area contributed by atoms with Crippen LogP contribution < -0.4 is 14.5 Å². The van der Waals surface area contributed by atoms with Gasteiger partial charge in [-0.1, -0.05) is 29.8 Å². The molecule has 6 unspecified atom stereocenters. The first-order valence-corrected chi connectivity index (χ1v) is 16.1. The molecule has 3 N–H and O–H groups in total. The second-order valence-corrected chi connectivity index (χ2v) is 13.7. The molecule has 240 valence electrons. The average Bonchev–Trinajstić information content (AvgIpc) is 3.41. The number of carboxylic acid groups (broad SMARTS) is 1. The third-order valence-corrected chi connectivity index (χ3v) is 11.2. The molecule has 2 aliphatic carbocycles. The highest BCUT2D eigenvalue weighted by Crippen LogP contribution is 2.64. The largest absolute Gasteiger partial charge is 0.507 e. The summed E-state index contributed by atoms with van der Waals surface area (Å²) < 4.78 is 5.95. The molecule has 0 spiro atoms. The second kappa shape index (κ2) is 10.9. The summed E-state index contributed by atoms with van der Waals surface area (Å²) >= 11 is 1.98. The Morgan fingerprint density at radius 2 is 1.64 bits per heavy atom. The third-order valence-electron chi connectivity index (χ3n) is 10.4. The minimum absolute atomic E-state index is 0.0517. The van der Waals surface area contributed by atoms with Gasteiger partial charge >= 0.3 is 5.97 Å². The van der Waals surface area contributed by atoms with Crippen molar-refractivity contribution >= 4 is 63.6 Å². The van der Waals surface area contributed by atoms with E-state index in [4.69, 9.17) is 4.74 Å². The topological polar surface area (TPSA) is 162 Å². The number of imide groups is 2. The Bertz CT molecular complexity index is 1940. The van der Waals surface area contributed by atoms with Crippen LogP contribution in [0, 0.1) is 32.7 Å². The van der Waals surface area contributed by atoms with E-state index in [-0.39, 0.29) is 41.5 Å². The number of hydrogen-bond acceptors (Lipinski definition) is 8. The lowest BCUT2D eigenvalue weighted by Gasteiger charge is -2.49. The van der Waals surface area contributed by atoms with Crippen LogP contribution in [0.4, 0.5) is 11.4 Å². The summed E-state index contributed by atoms with van der Waals surface area (Å²) in [5.74, 6) is -7.31. The first-order chi connectivity index (χ1) is 22.4. The lowest BCUT2D eigenvalue weighted by atomic mass is 9.51. The molecular formula is C35H29IN2O9. The Labute approximate surface area is 282 Å². The first-order valence-electron chi connectivity index (χ1n) is 15.0. The van der Waals surface area contributed by atoms with Gasteiger partial charge in [0.25, 0.3) is 0 Å². The van der Waals surface area contributed by atoms with E-state index in [2.05, 4.69) is 0 Å². The van der Waals surface area contributed by atoms with Crippen LogP contribution in [0.25, 0.3) is 0 Å². The second-order valence-electron chi connectivity index (χ2n) is 12.6. The van der Waals surface area contributed by atoms with Gasteiger partial charge < -0.3 is 20.1 Å². The van der Waals surface area contributed by atoms with Gasteiger partial charge in [0, 0.05) is 12.0 Å². The maximum atomic E-state index is 14.5. The van der Waals surface area contributed by atoms with Gasteiger partial charge in [0.1, 0.15) is 11.3 Å². The summed E-state index contributed by atoms with van der Waals surface area (Å²) in [5.41, 5.74) is 0.247. The van der Waals surface area contributed by atoms with Gasteiger partial charge in [0.05, 0.1) is 45.2 Å². The van der Waals surface area contributed by atoms with E-state index in [1.165, 1.54) is 18.1 Å². The molecule has 0 radical (unpaired) electrons. The van der Waals surface area contributed by atoms with Crippen molar-refractivity contribution in [1.82, 2.24) is 0 Å². The Morgan fingerprint density at radius 3 is 2.30 bits per heavy atom. The third kappa shape index (κ3) is 4.33. The number of benzene rings is 3. The molecule has 47 heavy (non-hydrogen) atoms. The van der Waals surface area contributed by atoms with Crippen molar-refractivity contribution in [3.8, 4) is 17.2 Å². The van der Waals surface area contributed by atoms with Crippen LogP contribution in [0.15, 0.2) is 72.3 Å². The lowest BCUT2D eigenvalue weighted by molar-refractivity contribution is -0.131. The van der Waals surface area contributed by atoms with E-state index in [1.54, 1.807) is 49.4 Å². The van der Waals surface area contributed by atoms with E-state index in [0.717, 1.165) is 22.6 Å². The number of aromatic carboxylic acids is 1. The predicted octanol–water partition coefficient (Wildman–Crippen LogP) is 4.84. The van der Waals surface area contributed by atoms with Gasteiger partial charge in [-0.3, -0.25) is 19.2 Å². The number of rotatable bonds is 5. The minimum Gasteiger partial charge on any atom is -0.507 e. The summed E-state index contributed by atoms with van der Waals surface area (Å²) in [4.78, 5) is 70.5. The summed E-state index contributed by atoms with van der Waals surface area (Å²) in [7, 11) is 1.42. The van der Waals surface area contributed by atoms with E-state index < -0.39 is 64.4 Å². The SMILES string of the molecule is COc1cc(C2C3=CCC4C(=O)N(c5ccc(C(=O)O)c(O)c5)C(=O)C4C3CC3C(=O)N(c4ccccc4)C(=O)C32C)cc(I)c1O. The number of aromatic hydroxyl groups is 2. The number of ether oxygens (including phenoxy) is 1. The number of methoxy groups -OCH3 is 1. The highest BCUT2D eigenvalue weighted by atomic mass is 127. The van der Waals surface area contributed by atoms with E-state index in [9.17, 15) is 39.3 Å². The zero-order valence-electron chi connectivity index (χ0n) is 25.2. The van der Waals surface area contributed by atoms with Gasteiger partial charge in [-0.15, -0.1) is 0 Å². The number of para-hydroxylation sites is 1. The number of carboxylic acids is 1. The molecule has 7 rings (SSSR count). The fraction of sp³-hybridized carbons (Fsp3) is 0.286. The molecule has 2 heterocycles. The zero-order valence-corrected chi connectivity index (χ0v) is 27.4. The van der Waals surface area contributed by atoms with Crippen LogP contribution >= 0.6 is 22.6 Å². The predicted molar refractivity (Wildman–Crippen MR) is 176 cm³/mol. The lowest BCUT2D eigenvalue weighted by Crippen LogP contribution is -2.48. The number of carbonyl (C=O) groups excluding carboxylic acids is 4. The number of amides is 4. The minimum atomic E-state index is -1.35. The standard InChI is InChI=1S/C35H29IN2O9/c1-35-23(31(42)38(34(35)46)17-6-4-3-5-7-17)15-22-19(28(35)16-12-24(36)29(40)26(13-16)47-2)10-11-21-27(22)32(43)37(30(21)41)18-8-9-20(33(44)45)25(39)14-18/h3-10,12-14,21-23,27-28,39-40H,11,15H2,1-2H3,(H,44,45). The molecule has 4 amide bonds. The van der Waals surface area contributed by atoms with Crippen molar-refractivity contribution < 1.29 is 44.0 Å². The monoisotopic (exact) mass is 748 g/mol. The molecule has 2 saturated heterocycles. The van der Waals surface area contributed by atoms with E-state index in [1.807, 2.05) is 28.7 Å². The maximum Gasteiger partial charge on any atom is 0.339 e. The van der Waals surface area contributed by atoms with Gasteiger partial charge in [-0.25, -0.2) is 14.6 Å². The van der Waals surface area contributed by atoms with Crippen molar-refractivity contribution in [2.75, 3.05) is 16.9 Å². The van der Waals surface area contributed by atoms with Crippen LogP contribution in [0.5, 0.6) is 17.2 Å². The Kier molecular flexibility index (Phi) is 7.19. The molecule has 4 aliphatic rings. The van der Waals surface area contributed by atoms with Crippen molar-refractivity contribution in [3.63, 3.8) is 0 Å². The number of hydrogen-bond donors (Lipinski definition) is 3. The molecule has 12 heteroatoms. The molecule has 2 aliphatic heterocycles. The fourth-order valence-electron chi connectivity index (χ4n) is 8.23. The molecule has 3 aromatic carbocycles. The number of nitrogens with zero attached hydrogens (tertiary/aromatic N) is 2. The van der Waals surface area contributed by atoms with Gasteiger partial charge in [-0.05, 0) is 90.2 Å². The number of phenols is 2. The van der Waals surface area contributed by atoms with Crippen molar-refractivity contribution in [3.05, 3.63) is 87.0 Å². The Hall–Kier alpha value is -4.72. The summed E-state index contributed by atoms with van der Waals surface area (Å²) in [6.45, 7) is 1.78. The summed E-state index contributed by atoms with van der Waals surface area (Å²) in [5, 5.41) is 30.4. The number of fused-ring (bicyclic) bond motifs is 4. The maximum absolute atomic E-state index is 14.5. The van der Waals surface area contributed by atoms with E-state index in [0.29, 0.717) is 14.8 Å². The highest BCUT2D eigenvalue weighted by Gasteiger charge is 2.67. The number of halogens is 1. The summed E-state index contributed by atoms with van der Waals surface area (Å²) in [6, 6.07) is 15.6. The molecular weight excluding hydrogens is 719 g/mol.